The van der Waals surface area contributed by atoms with Crippen molar-refractivity contribution in [1.82, 2.24) is 0 Å². The fourth-order valence-electron chi connectivity index (χ4n) is 5.63. The van der Waals surface area contributed by atoms with Gasteiger partial charge in [-0.15, -0.1) is 6.58 Å². The number of hydrogen-bond acceptors (Lipinski definition) is 17. The first-order valence-corrected chi connectivity index (χ1v) is 14.4. The molecule has 17 nitrogen and oxygen atoms in total. The van der Waals surface area contributed by atoms with Crippen molar-refractivity contribution in [3.05, 3.63) is 48.3 Å². The number of phenols is 1. The van der Waals surface area contributed by atoms with Crippen LogP contribution >= 0.6 is 0 Å². The number of hydrogen-bond donors (Lipinski definition) is 8. The van der Waals surface area contributed by atoms with Crippen LogP contribution in [0.25, 0.3) is 0 Å². The van der Waals surface area contributed by atoms with Crippen molar-refractivity contribution in [2.45, 2.75) is 74.1 Å². The minimum atomic E-state index is -1.80. The van der Waals surface area contributed by atoms with Crippen LogP contribution in [0.1, 0.15) is 16.8 Å². The van der Waals surface area contributed by atoms with Gasteiger partial charge in [0.25, 0.3) is 0 Å². The Morgan fingerprint density at radius 3 is 2.30 bits per heavy atom. The lowest BCUT2D eigenvalue weighted by molar-refractivity contribution is -0.339. The third-order valence-corrected chi connectivity index (χ3v) is 8.30. The van der Waals surface area contributed by atoms with Crippen LogP contribution < -0.4 is 4.74 Å². The number of aliphatic hydroxyl groups is 7. The van der Waals surface area contributed by atoms with E-state index in [1.54, 1.807) is 0 Å². The molecule has 3 fully saturated rings. The van der Waals surface area contributed by atoms with E-state index in [1.807, 2.05) is 0 Å². The standard InChI is InChI=1S/C29H36O17/c1-2-11-12-6-7-40-26(39)14(12)9-42-27(11)46-29-24(37)22(35)20(33)17(45-29)10-41-25(38)13-4-3-5-15(18(13)31)43-28-23(36)21(34)19(32)16(8-30)44-28/h2-5,9,11-12,16-17,19-24,27-37H,1,6-8,10H2. The molecule has 4 aliphatic rings. The summed E-state index contributed by atoms with van der Waals surface area (Å²) in [6.45, 7) is 2.55. The Morgan fingerprint density at radius 2 is 1.61 bits per heavy atom. The molecule has 4 aliphatic heterocycles. The minimum Gasteiger partial charge on any atom is -0.504 e. The van der Waals surface area contributed by atoms with E-state index < -0.39 is 110 Å². The van der Waals surface area contributed by atoms with Gasteiger partial charge in [-0.05, 0) is 18.6 Å². The Balaban J connectivity index is 1.23. The number of carbonyl (C=O) groups excluding carboxylic acids is 2. The first-order chi connectivity index (χ1) is 22.0. The van der Waals surface area contributed by atoms with Gasteiger partial charge in [-0.1, -0.05) is 12.1 Å². The molecule has 1 aromatic carbocycles. The molecule has 0 aliphatic carbocycles. The summed E-state index contributed by atoms with van der Waals surface area (Å²) in [6, 6.07) is 3.66. The predicted octanol–water partition coefficient (Wildman–Crippen LogP) is -2.84. The van der Waals surface area contributed by atoms with E-state index in [-0.39, 0.29) is 18.3 Å². The number of esters is 2. The zero-order valence-corrected chi connectivity index (χ0v) is 24.2. The predicted molar refractivity (Wildman–Crippen MR) is 146 cm³/mol. The van der Waals surface area contributed by atoms with Crippen LogP contribution in [-0.4, -0.2) is 140 Å². The lowest BCUT2D eigenvalue weighted by Crippen LogP contribution is -2.60. The van der Waals surface area contributed by atoms with Crippen LogP contribution in [0.15, 0.2) is 42.7 Å². The van der Waals surface area contributed by atoms with E-state index in [2.05, 4.69) is 6.58 Å². The molecular weight excluding hydrogens is 620 g/mol. The molecule has 13 atom stereocenters. The summed E-state index contributed by atoms with van der Waals surface area (Å²) in [5.74, 6) is -3.71. The Labute approximate surface area is 261 Å². The lowest BCUT2D eigenvalue weighted by atomic mass is 9.81. The van der Waals surface area contributed by atoms with Gasteiger partial charge in [-0.2, -0.15) is 0 Å². The van der Waals surface area contributed by atoms with Gasteiger partial charge in [0, 0.05) is 11.8 Å². The summed E-state index contributed by atoms with van der Waals surface area (Å²) in [6.07, 6.45) is -14.3. The number of benzene rings is 1. The van der Waals surface area contributed by atoms with E-state index in [0.717, 1.165) is 0 Å². The molecule has 0 aromatic heterocycles. The van der Waals surface area contributed by atoms with Crippen molar-refractivity contribution in [2.75, 3.05) is 19.8 Å². The molecule has 3 saturated heterocycles. The van der Waals surface area contributed by atoms with Gasteiger partial charge >= 0.3 is 11.9 Å². The van der Waals surface area contributed by atoms with Gasteiger partial charge in [-0.3, -0.25) is 0 Å². The van der Waals surface area contributed by atoms with Crippen LogP contribution in [0.5, 0.6) is 11.5 Å². The van der Waals surface area contributed by atoms with Gasteiger partial charge in [0.05, 0.1) is 25.0 Å². The van der Waals surface area contributed by atoms with Crippen LogP contribution in [0.4, 0.5) is 0 Å². The fraction of sp³-hybridized carbons (Fsp3) is 0.586. The normalized spacial score (nSPS) is 39.2. The number of rotatable bonds is 9. The van der Waals surface area contributed by atoms with Crippen molar-refractivity contribution in [1.29, 1.82) is 0 Å². The van der Waals surface area contributed by atoms with Crippen LogP contribution in [0, 0.1) is 11.8 Å². The topological polar surface area (TPSA) is 261 Å². The molecule has 5 rings (SSSR count). The summed E-state index contributed by atoms with van der Waals surface area (Å²) in [5, 5.41) is 81.8. The Kier molecular flexibility index (Phi) is 10.5. The van der Waals surface area contributed by atoms with Crippen molar-refractivity contribution < 1.29 is 83.6 Å². The van der Waals surface area contributed by atoms with Crippen molar-refractivity contribution in [3.63, 3.8) is 0 Å². The monoisotopic (exact) mass is 656 g/mol. The number of aliphatic hydroxyl groups excluding tert-OH is 7. The molecule has 0 spiro atoms. The fourth-order valence-corrected chi connectivity index (χ4v) is 5.63. The van der Waals surface area contributed by atoms with Crippen LogP contribution in [-0.2, 0) is 33.2 Å². The number of fused-ring (bicyclic) bond motifs is 1. The Hall–Kier alpha value is -3.36. The third kappa shape index (κ3) is 6.56. The van der Waals surface area contributed by atoms with Crippen LogP contribution in [0.3, 0.4) is 0 Å². The van der Waals surface area contributed by atoms with Crippen molar-refractivity contribution in [2.24, 2.45) is 11.8 Å². The first kappa shape index (κ1) is 34.0. The second-order valence-electron chi connectivity index (χ2n) is 11.1. The molecule has 1 aromatic rings. The second kappa shape index (κ2) is 14.2. The van der Waals surface area contributed by atoms with Gasteiger partial charge in [0.1, 0.15) is 61.0 Å². The maximum Gasteiger partial charge on any atom is 0.342 e. The molecule has 46 heavy (non-hydrogen) atoms. The summed E-state index contributed by atoms with van der Waals surface area (Å²) in [5.41, 5.74) is -0.133. The van der Waals surface area contributed by atoms with Gasteiger partial charge in [0.2, 0.25) is 12.6 Å². The molecule has 0 radical (unpaired) electrons. The smallest absolute Gasteiger partial charge is 0.342 e. The van der Waals surface area contributed by atoms with E-state index in [1.165, 1.54) is 30.5 Å². The van der Waals surface area contributed by atoms with Gasteiger partial charge in [0.15, 0.2) is 17.8 Å². The molecule has 8 N–H and O–H groups in total. The van der Waals surface area contributed by atoms with Crippen molar-refractivity contribution >= 4 is 11.9 Å². The SMILES string of the molecule is C=CC1C(OC2OC(COC(=O)c3cccc(OC4OC(CO)C(O)C(O)C4O)c3O)C(O)C(O)C2O)OC=C2C(=O)OCCC21. The van der Waals surface area contributed by atoms with Gasteiger partial charge in [-0.25, -0.2) is 9.59 Å². The lowest BCUT2D eigenvalue weighted by Gasteiger charge is -2.43. The number of carbonyl (C=O) groups is 2. The highest BCUT2D eigenvalue weighted by molar-refractivity contribution is 5.93. The average Bonchev–Trinajstić information content (AvgIpc) is 3.05. The summed E-state index contributed by atoms with van der Waals surface area (Å²) in [7, 11) is 0. The zero-order chi connectivity index (χ0) is 33.3. The van der Waals surface area contributed by atoms with E-state index >= 15 is 0 Å². The average molecular weight is 657 g/mol. The van der Waals surface area contributed by atoms with Crippen LogP contribution in [0.2, 0.25) is 0 Å². The van der Waals surface area contributed by atoms with E-state index in [4.69, 9.17) is 33.2 Å². The number of para-hydroxylation sites is 1. The summed E-state index contributed by atoms with van der Waals surface area (Å²) in [4.78, 5) is 25.0. The third-order valence-electron chi connectivity index (χ3n) is 8.30. The molecular formula is C29H36O17. The van der Waals surface area contributed by atoms with E-state index in [0.29, 0.717) is 12.0 Å². The molecule has 17 heteroatoms. The number of cyclic esters (lactones) is 1. The van der Waals surface area contributed by atoms with Crippen molar-refractivity contribution in [3.8, 4) is 11.5 Å². The second-order valence-corrected chi connectivity index (χ2v) is 11.1. The maximum atomic E-state index is 12.9. The largest absolute Gasteiger partial charge is 0.504 e. The summed E-state index contributed by atoms with van der Waals surface area (Å²) < 4.78 is 37.9. The number of aromatic hydroxyl groups is 1. The highest BCUT2D eigenvalue weighted by atomic mass is 16.8. The minimum absolute atomic E-state index is 0.178. The quantitative estimate of drug-likeness (QED) is 0.0983. The zero-order valence-electron chi connectivity index (χ0n) is 24.2. The molecule has 0 amide bonds. The first-order valence-electron chi connectivity index (χ1n) is 14.4. The molecule has 0 bridgehead atoms. The molecule has 0 saturated carbocycles. The van der Waals surface area contributed by atoms with E-state index in [9.17, 15) is 50.4 Å². The maximum absolute atomic E-state index is 12.9. The Morgan fingerprint density at radius 1 is 0.935 bits per heavy atom. The van der Waals surface area contributed by atoms with Gasteiger partial charge < -0.3 is 74.0 Å². The highest BCUT2D eigenvalue weighted by Gasteiger charge is 2.49. The molecule has 254 valence electrons. The summed E-state index contributed by atoms with van der Waals surface area (Å²) >= 11 is 0. The number of ether oxygens (including phenoxy) is 7. The Bertz CT molecular complexity index is 1300. The molecule has 13 unspecified atom stereocenters. The highest BCUT2D eigenvalue weighted by Crippen LogP contribution is 2.39. The molecule has 4 heterocycles. The number of phenolic OH excluding ortho intramolecular Hbond substituents is 1.